The van der Waals surface area contributed by atoms with Crippen LogP contribution in [0, 0.1) is 0 Å². The lowest BCUT2D eigenvalue weighted by Crippen LogP contribution is -2.28. The predicted octanol–water partition coefficient (Wildman–Crippen LogP) is 3.22. The normalized spacial score (nSPS) is 11.0. The first kappa shape index (κ1) is 23.8. The highest BCUT2D eigenvalue weighted by molar-refractivity contribution is 7.99. The van der Waals surface area contributed by atoms with Gasteiger partial charge in [-0.1, -0.05) is 30.8 Å². The molecule has 0 atom stereocenters. The fourth-order valence-electron chi connectivity index (χ4n) is 3.07. The standard InChI is InChI=1S/C22H30N6O3S/c1-4-14-32-22-26-19(23-11-13-30-3)17-15-25-28(20(17)27-22)12-10-24-21(29)16-8-6-7-9-18(16)31-5-2/h6-9,15H,4-5,10-14H2,1-3H3,(H,24,29)(H,23,26,27). The van der Waals surface area contributed by atoms with E-state index < -0.39 is 0 Å². The van der Waals surface area contributed by atoms with Crippen LogP contribution < -0.4 is 15.4 Å². The minimum absolute atomic E-state index is 0.179. The summed E-state index contributed by atoms with van der Waals surface area (Å²) in [5.41, 5.74) is 1.26. The maximum absolute atomic E-state index is 12.6. The summed E-state index contributed by atoms with van der Waals surface area (Å²) in [5, 5.41) is 12.3. The van der Waals surface area contributed by atoms with Crippen molar-refractivity contribution in [3.63, 3.8) is 0 Å². The number of rotatable bonds is 13. The van der Waals surface area contributed by atoms with E-state index in [1.165, 1.54) is 0 Å². The number of methoxy groups -OCH3 is 1. The molecule has 0 aliphatic heterocycles. The number of para-hydroxylation sites is 1. The highest BCUT2D eigenvalue weighted by atomic mass is 32.2. The highest BCUT2D eigenvalue weighted by Crippen LogP contribution is 2.24. The Balaban J connectivity index is 1.73. The number of carbonyl (C=O) groups is 1. The third-order valence-corrected chi connectivity index (χ3v) is 5.60. The Morgan fingerprint density at radius 3 is 2.81 bits per heavy atom. The van der Waals surface area contributed by atoms with Crippen LogP contribution in [0.1, 0.15) is 30.6 Å². The zero-order chi connectivity index (χ0) is 22.8. The first-order valence-electron chi connectivity index (χ1n) is 10.8. The molecule has 0 saturated heterocycles. The van der Waals surface area contributed by atoms with Gasteiger partial charge in [0.15, 0.2) is 10.8 Å². The van der Waals surface area contributed by atoms with Crippen LogP contribution in [-0.2, 0) is 11.3 Å². The van der Waals surface area contributed by atoms with Gasteiger partial charge in [-0.15, -0.1) is 0 Å². The molecular weight excluding hydrogens is 428 g/mol. The number of fused-ring (bicyclic) bond motifs is 1. The largest absolute Gasteiger partial charge is 0.493 e. The number of hydrogen-bond donors (Lipinski definition) is 2. The first-order valence-corrected chi connectivity index (χ1v) is 11.8. The topological polar surface area (TPSA) is 103 Å². The molecule has 1 aromatic carbocycles. The fraction of sp³-hybridized carbons (Fsp3) is 0.455. The molecular formula is C22H30N6O3S. The van der Waals surface area contributed by atoms with Gasteiger partial charge in [0, 0.05) is 26.0 Å². The van der Waals surface area contributed by atoms with Gasteiger partial charge in [0.05, 0.1) is 36.9 Å². The lowest BCUT2D eigenvalue weighted by molar-refractivity contribution is 0.0948. The van der Waals surface area contributed by atoms with Crippen LogP contribution in [0.2, 0.25) is 0 Å². The summed E-state index contributed by atoms with van der Waals surface area (Å²) in [4.78, 5) is 22.0. The van der Waals surface area contributed by atoms with Gasteiger partial charge in [-0.05, 0) is 25.5 Å². The number of carbonyl (C=O) groups excluding carboxylic acids is 1. The van der Waals surface area contributed by atoms with Crippen molar-refractivity contribution < 1.29 is 14.3 Å². The van der Waals surface area contributed by atoms with Gasteiger partial charge in [0.25, 0.3) is 5.91 Å². The summed E-state index contributed by atoms with van der Waals surface area (Å²) in [6.45, 7) is 6.63. The number of aromatic nitrogens is 4. The molecule has 0 bridgehead atoms. The average Bonchev–Trinajstić information content (AvgIpc) is 3.21. The molecule has 3 rings (SSSR count). The molecule has 0 unspecified atom stereocenters. The quantitative estimate of drug-likeness (QED) is 0.229. The van der Waals surface area contributed by atoms with Crippen molar-refractivity contribution in [2.45, 2.75) is 32.0 Å². The summed E-state index contributed by atoms with van der Waals surface area (Å²) in [7, 11) is 1.67. The molecule has 172 valence electrons. The van der Waals surface area contributed by atoms with E-state index in [1.54, 1.807) is 41.9 Å². The smallest absolute Gasteiger partial charge is 0.255 e. The van der Waals surface area contributed by atoms with Crippen molar-refractivity contribution in [2.24, 2.45) is 0 Å². The summed E-state index contributed by atoms with van der Waals surface area (Å²) in [5.74, 6) is 2.08. The molecule has 0 spiro atoms. The maximum atomic E-state index is 12.6. The monoisotopic (exact) mass is 458 g/mol. The van der Waals surface area contributed by atoms with Crippen LogP contribution in [0.15, 0.2) is 35.6 Å². The Bertz CT molecular complexity index is 1030. The summed E-state index contributed by atoms with van der Waals surface area (Å²) in [6.07, 6.45) is 2.79. The molecule has 2 N–H and O–H groups in total. The molecule has 0 saturated carbocycles. The molecule has 0 aliphatic rings. The molecule has 0 radical (unpaired) electrons. The van der Waals surface area contributed by atoms with E-state index in [0.717, 1.165) is 29.0 Å². The van der Waals surface area contributed by atoms with E-state index in [-0.39, 0.29) is 5.91 Å². The second-order valence-electron chi connectivity index (χ2n) is 6.91. The summed E-state index contributed by atoms with van der Waals surface area (Å²) < 4.78 is 12.5. The van der Waals surface area contributed by atoms with Crippen molar-refractivity contribution in [3.05, 3.63) is 36.0 Å². The number of hydrogen-bond acceptors (Lipinski definition) is 8. The van der Waals surface area contributed by atoms with E-state index in [9.17, 15) is 4.79 Å². The van der Waals surface area contributed by atoms with Gasteiger partial charge in [0.2, 0.25) is 0 Å². The van der Waals surface area contributed by atoms with Gasteiger partial charge >= 0.3 is 0 Å². The molecule has 32 heavy (non-hydrogen) atoms. The van der Waals surface area contributed by atoms with Crippen molar-refractivity contribution in [1.29, 1.82) is 0 Å². The van der Waals surface area contributed by atoms with E-state index in [0.29, 0.717) is 49.3 Å². The van der Waals surface area contributed by atoms with Gasteiger partial charge in [-0.25, -0.2) is 14.6 Å². The van der Waals surface area contributed by atoms with Gasteiger partial charge in [0.1, 0.15) is 11.6 Å². The number of ether oxygens (including phenoxy) is 2. The van der Waals surface area contributed by atoms with Crippen LogP contribution in [-0.4, -0.2) is 64.8 Å². The Labute approximate surface area is 192 Å². The van der Waals surface area contributed by atoms with Gasteiger partial charge in [-0.3, -0.25) is 4.79 Å². The molecule has 2 aromatic heterocycles. The Morgan fingerprint density at radius 2 is 2.03 bits per heavy atom. The second kappa shape index (κ2) is 12.3. The summed E-state index contributed by atoms with van der Waals surface area (Å²) in [6, 6.07) is 7.22. The zero-order valence-corrected chi connectivity index (χ0v) is 19.6. The Kier molecular flexibility index (Phi) is 9.12. The lowest BCUT2D eigenvalue weighted by atomic mass is 10.2. The lowest BCUT2D eigenvalue weighted by Gasteiger charge is -2.11. The van der Waals surface area contributed by atoms with Crippen LogP contribution >= 0.6 is 11.8 Å². The third kappa shape index (κ3) is 6.10. The van der Waals surface area contributed by atoms with Crippen molar-refractivity contribution in [3.8, 4) is 5.75 Å². The van der Waals surface area contributed by atoms with E-state index in [1.807, 2.05) is 19.1 Å². The van der Waals surface area contributed by atoms with Crippen molar-refractivity contribution >= 4 is 34.5 Å². The summed E-state index contributed by atoms with van der Waals surface area (Å²) >= 11 is 1.61. The first-order chi connectivity index (χ1) is 15.7. The molecule has 9 nitrogen and oxygen atoms in total. The van der Waals surface area contributed by atoms with Gasteiger partial charge in [-0.2, -0.15) is 5.10 Å². The molecule has 2 heterocycles. The maximum Gasteiger partial charge on any atom is 0.255 e. The van der Waals surface area contributed by atoms with Gasteiger partial charge < -0.3 is 20.1 Å². The molecule has 1 amide bonds. The zero-order valence-electron chi connectivity index (χ0n) is 18.8. The number of amides is 1. The minimum atomic E-state index is -0.179. The molecule has 10 heteroatoms. The molecule has 3 aromatic rings. The predicted molar refractivity (Wildman–Crippen MR) is 127 cm³/mol. The Morgan fingerprint density at radius 1 is 1.19 bits per heavy atom. The third-order valence-electron chi connectivity index (χ3n) is 4.55. The van der Waals surface area contributed by atoms with E-state index in [2.05, 4.69) is 27.6 Å². The molecule has 0 aliphatic carbocycles. The van der Waals surface area contributed by atoms with Crippen molar-refractivity contribution in [2.75, 3.05) is 44.5 Å². The SMILES string of the molecule is CCCSc1nc(NCCOC)c2cnn(CCNC(=O)c3ccccc3OCC)c2n1. The van der Waals surface area contributed by atoms with Crippen molar-refractivity contribution in [1.82, 2.24) is 25.1 Å². The van der Waals surface area contributed by atoms with Crippen LogP contribution in [0.5, 0.6) is 5.75 Å². The number of anilines is 1. The number of thioether (sulfide) groups is 1. The van der Waals surface area contributed by atoms with Crippen LogP contribution in [0.3, 0.4) is 0 Å². The average molecular weight is 459 g/mol. The highest BCUT2D eigenvalue weighted by Gasteiger charge is 2.15. The van der Waals surface area contributed by atoms with E-state index in [4.69, 9.17) is 14.5 Å². The number of benzene rings is 1. The van der Waals surface area contributed by atoms with Crippen LogP contribution in [0.25, 0.3) is 11.0 Å². The molecule has 0 fully saturated rings. The van der Waals surface area contributed by atoms with Crippen LogP contribution in [0.4, 0.5) is 5.82 Å². The minimum Gasteiger partial charge on any atom is -0.493 e. The fourth-order valence-corrected chi connectivity index (χ4v) is 3.76. The second-order valence-corrected chi connectivity index (χ2v) is 7.97. The number of nitrogens with one attached hydrogen (secondary N) is 2. The van der Waals surface area contributed by atoms with E-state index >= 15 is 0 Å². The Hall–Kier alpha value is -2.85. The number of nitrogens with zero attached hydrogens (tertiary/aromatic N) is 4.